The van der Waals surface area contributed by atoms with Crippen LogP contribution in [0, 0.1) is 5.82 Å². The van der Waals surface area contributed by atoms with Crippen LogP contribution in [-0.2, 0) is 11.4 Å². The zero-order chi connectivity index (χ0) is 20.1. The van der Waals surface area contributed by atoms with Gasteiger partial charge in [-0.2, -0.15) is 0 Å². The molecule has 1 heterocycles. The van der Waals surface area contributed by atoms with Crippen molar-refractivity contribution in [3.8, 4) is 0 Å². The van der Waals surface area contributed by atoms with Crippen LogP contribution in [0.3, 0.4) is 0 Å². The van der Waals surface area contributed by atoms with Crippen molar-refractivity contribution >= 4 is 43.9 Å². The predicted octanol–water partition coefficient (Wildman–Crippen LogP) is 5.73. The third-order valence-corrected chi connectivity index (χ3v) is 6.53. The monoisotopic (exact) mass is 466 g/mol. The first-order valence-electron chi connectivity index (χ1n) is 8.41. The van der Waals surface area contributed by atoms with Crippen LogP contribution in [0.25, 0.3) is 10.9 Å². The lowest BCUT2D eigenvalue weighted by molar-refractivity contribution is 0.140. The van der Waals surface area contributed by atoms with Gasteiger partial charge in [-0.1, -0.05) is 4.40 Å². The summed E-state index contributed by atoms with van der Waals surface area (Å²) in [6.45, 7) is 4.89. The summed E-state index contributed by atoms with van der Waals surface area (Å²) >= 11 is 1.20. The maximum Gasteiger partial charge on any atom is 0.285 e. The third kappa shape index (κ3) is 4.05. The van der Waals surface area contributed by atoms with Crippen LogP contribution < -0.4 is 0 Å². The number of aromatic nitrogens is 1. The van der Waals surface area contributed by atoms with E-state index in [2.05, 4.69) is 20.3 Å². The second kappa shape index (κ2) is 7.40. The topological polar surface area (TPSA) is 40.4 Å². The summed E-state index contributed by atoms with van der Waals surface area (Å²) in [7, 11) is 0. The van der Waals surface area contributed by atoms with Gasteiger partial charge in [0.25, 0.3) is 6.43 Å². The summed E-state index contributed by atoms with van der Waals surface area (Å²) in [5, 5.41) is 0.239. The van der Waals surface area contributed by atoms with Gasteiger partial charge in [-0.25, -0.2) is 17.6 Å². The van der Waals surface area contributed by atoms with Crippen molar-refractivity contribution in [2.24, 2.45) is 4.40 Å². The largest absolute Gasteiger partial charge is 0.591 e. The Morgan fingerprint density at radius 2 is 1.96 bits per heavy atom. The van der Waals surface area contributed by atoms with Crippen LogP contribution in [-0.4, -0.2) is 32.2 Å². The van der Waals surface area contributed by atoms with E-state index >= 15 is 0 Å². The average molecular weight is 467 g/mol. The first kappa shape index (κ1) is 20.7. The van der Waals surface area contributed by atoms with Gasteiger partial charge in [-0.3, -0.25) is 0 Å². The standard InChI is InChI=1S/C18H19BrF4N2OS/c1-18(2,3)27(26)24-16(17(22)23)12-8-25(10-4-9(20)5-10)15-7-13(19)14(21)6-11(12)15/h6-10,17H,4-5H2,1-3H3/b24-16+/t9?,10?,27-/m0/s1. The lowest BCUT2D eigenvalue weighted by Crippen LogP contribution is -2.28. The Balaban J connectivity index is 2.19. The Bertz CT molecular complexity index is 888. The number of nitrogens with zero attached hydrogens (tertiary/aromatic N) is 2. The third-order valence-electron chi connectivity index (χ3n) is 4.51. The van der Waals surface area contributed by atoms with Crippen molar-refractivity contribution in [3.05, 3.63) is 34.2 Å². The van der Waals surface area contributed by atoms with E-state index in [-0.39, 0.29) is 34.3 Å². The van der Waals surface area contributed by atoms with Gasteiger partial charge in [0.05, 0.1) is 9.99 Å². The molecular weight excluding hydrogens is 448 g/mol. The summed E-state index contributed by atoms with van der Waals surface area (Å²) in [5.41, 5.74) is -0.124. The van der Waals surface area contributed by atoms with Crippen molar-refractivity contribution in [1.29, 1.82) is 0 Å². The lowest BCUT2D eigenvalue weighted by atomic mass is 9.90. The molecule has 1 fully saturated rings. The molecule has 0 N–H and O–H groups in total. The van der Waals surface area contributed by atoms with E-state index in [9.17, 15) is 22.1 Å². The molecule has 3 nitrogen and oxygen atoms in total. The molecule has 1 atom stereocenters. The molecule has 1 aliphatic carbocycles. The zero-order valence-corrected chi connectivity index (χ0v) is 17.4. The highest BCUT2D eigenvalue weighted by molar-refractivity contribution is 9.10. The Morgan fingerprint density at radius 1 is 1.33 bits per heavy atom. The Labute approximate surface area is 166 Å². The van der Waals surface area contributed by atoms with Crippen LogP contribution >= 0.6 is 15.9 Å². The predicted molar refractivity (Wildman–Crippen MR) is 103 cm³/mol. The molecule has 0 spiro atoms. The summed E-state index contributed by atoms with van der Waals surface area (Å²) < 4.78 is 72.1. The van der Waals surface area contributed by atoms with E-state index in [0.717, 1.165) is 6.07 Å². The maximum absolute atomic E-state index is 14.1. The molecule has 3 rings (SSSR count). The molecule has 0 unspecified atom stereocenters. The highest BCUT2D eigenvalue weighted by Gasteiger charge is 2.35. The Morgan fingerprint density at radius 3 is 2.48 bits per heavy atom. The molecule has 0 bridgehead atoms. The molecule has 1 aromatic carbocycles. The highest BCUT2D eigenvalue weighted by Crippen LogP contribution is 2.40. The first-order chi connectivity index (χ1) is 12.5. The first-order valence-corrected chi connectivity index (χ1v) is 10.3. The molecule has 1 aromatic heterocycles. The van der Waals surface area contributed by atoms with Gasteiger partial charge in [0.1, 0.15) is 28.1 Å². The number of alkyl halides is 3. The summed E-state index contributed by atoms with van der Waals surface area (Å²) in [6.07, 6.45) is -1.94. The van der Waals surface area contributed by atoms with Crippen LogP contribution in [0.4, 0.5) is 17.6 Å². The second-order valence-electron chi connectivity index (χ2n) is 7.59. The molecule has 0 aliphatic heterocycles. The smallest absolute Gasteiger partial charge is 0.285 e. The number of benzene rings is 1. The van der Waals surface area contributed by atoms with Crippen molar-refractivity contribution in [2.75, 3.05) is 0 Å². The minimum atomic E-state index is -2.99. The molecule has 0 amide bonds. The van der Waals surface area contributed by atoms with Crippen LogP contribution in [0.15, 0.2) is 27.2 Å². The normalized spacial score (nSPS) is 22.4. The number of hydrogen-bond acceptors (Lipinski definition) is 2. The van der Waals surface area contributed by atoms with Gasteiger partial charge in [0.15, 0.2) is 5.71 Å². The molecule has 2 aromatic rings. The van der Waals surface area contributed by atoms with E-state index < -0.39 is 40.2 Å². The van der Waals surface area contributed by atoms with E-state index in [0.29, 0.717) is 5.52 Å². The molecule has 27 heavy (non-hydrogen) atoms. The van der Waals surface area contributed by atoms with Crippen molar-refractivity contribution in [1.82, 2.24) is 4.57 Å². The Kier molecular flexibility index (Phi) is 5.67. The number of hydrogen-bond donors (Lipinski definition) is 0. The van der Waals surface area contributed by atoms with Gasteiger partial charge in [0.2, 0.25) is 0 Å². The minimum absolute atomic E-state index is 0.0197. The molecule has 9 heteroatoms. The van der Waals surface area contributed by atoms with Crippen LogP contribution in [0.1, 0.15) is 45.2 Å². The fourth-order valence-electron chi connectivity index (χ4n) is 2.93. The zero-order valence-electron chi connectivity index (χ0n) is 15.0. The molecule has 1 saturated carbocycles. The summed E-state index contributed by atoms with van der Waals surface area (Å²) in [4.78, 5) is 0. The van der Waals surface area contributed by atoms with Crippen molar-refractivity contribution in [3.63, 3.8) is 0 Å². The molecule has 0 saturated heterocycles. The number of rotatable bonds is 4. The van der Waals surface area contributed by atoms with Crippen molar-refractivity contribution in [2.45, 2.75) is 57.0 Å². The van der Waals surface area contributed by atoms with Gasteiger partial charge < -0.3 is 9.12 Å². The molecule has 0 radical (unpaired) electrons. The molecular formula is C18H19BrF4N2OS. The molecule has 1 aliphatic rings. The molecule has 148 valence electrons. The van der Waals surface area contributed by atoms with Gasteiger partial charge in [0, 0.05) is 23.2 Å². The SMILES string of the molecule is CC(C)(C)[S@+]([O-])/N=C(\c1cn(C2CC(F)C2)c2cc(Br)c(F)cc12)C(F)F. The number of fused-ring (bicyclic) bond motifs is 1. The quantitative estimate of drug-likeness (QED) is 0.322. The van der Waals surface area contributed by atoms with E-state index in [4.69, 9.17) is 0 Å². The van der Waals surface area contributed by atoms with Crippen molar-refractivity contribution < 1.29 is 22.1 Å². The second-order valence-corrected chi connectivity index (χ2v) is 10.4. The van der Waals surface area contributed by atoms with Crippen LogP contribution in [0.2, 0.25) is 0 Å². The van der Waals surface area contributed by atoms with Gasteiger partial charge >= 0.3 is 0 Å². The summed E-state index contributed by atoms with van der Waals surface area (Å²) in [6, 6.07) is 2.44. The highest BCUT2D eigenvalue weighted by atomic mass is 79.9. The fraction of sp³-hybridized carbons (Fsp3) is 0.500. The van der Waals surface area contributed by atoms with Gasteiger partial charge in [-0.15, -0.1) is 0 Å². The lowest BCUT2D eigenvalue weighted by Gasteiger charge is -2.31. The van der Waals surface area contributed by atoms with Gasteiger partial charge in [-0.05, 0) is 61.7 Å². The minimum Gasteiger partial charge on any atom is -0.591 e. The van der Waals surface area contributed by atoms with E-state index in [1.54, 1.807) is 25.3 Å². The fourth-order valence-corrected chi connectivity index (χ4v) is 3.89. The number of halogens is 5. The average Bonchev–Trinajstić information content (AvgIpc) is 2.86. The van der Waals surface area contributed by atoms with Crippen LogP contribution in [0.5, 0.6) is 0 Å². The van der Waals surface area contributed by atoms with E-state index in [1.165, 1.54) is 12.3 Å². The maximum atomic E-state index is 14.1. The summed E-state index contributed by atoms with van der Waals surface area (Å²) in [5.74, 6) is -0.607. The Hall–Kier alpha value is -1.06. The van der Waals surface area contributed by atoms with E-state index in [1.807, 2.05) is 0 Å².